The Morgan fingerprint density at radius 1 is 1.29 bits per heavy atom. The number of nitrogens with one attached hydrogen (secondary N) is 2. The number of aromatic nitrogens is 2. The van der Waals surface area contributed by atoms with E-state index in [1.54, 1.807) is 0 Å². The van der Waals surface area contributed by atoms with Crippen LogP contribution >= 0.6 is 0 Å². The molecule has 0 saturated carbocycles. The smallest absolute Gasteiger partial charge is 0.274 e. The Bertz CT molecular complexity index is 407. The standard InChI is InChI=1S/C10H15N5O2/c1-2-3-12-7(16)6-15-10(17)8-9(11)14-5-4-13-8/h4-5H,2-3,6H2,1H3,(H2,11,14)(H,12,16)(H,15,17). The zero-order chi connectivity index (χ0) is 12.7. The molecule has 1 rings (SSSR count). The van der Waals surface area contributed by atoms with Crippen molar-refractivity contribution in [2.24, 2.45) is 0 Å². The zero-order valence-electron chi connectivity index (χ0n) is 9.56. The van der Waals surface area contributed by atoms with E-state index >= 15 is 0 Å². The van der Waals surface area contributed by atoms with E-state index < -0.39 is 5.91 Å². The first-order valence-electron chi connectivity index (χ1n) is 5.26. The number of nitrogen functional groups attached to an aromatic ring is 1. The van der Waals surface area contributed by atoms with E-state index in [0.717, 1.165) is 6.42 Å². The highest BCUT2D eigenvalue weighted by Crippen LogP contribution is 2.01. The van der Waals surface area contributed by atoms with Crippen LogP contribution in [0.15, 0.2) is 12.4 Å². The molecule has 0 aliphatic heterocycles. The highest BCUT2D eigenvalue weighted by molar-refractivity contribution is 5.98. The molecule has 7 nitrogen and oxygen atoms in total. The van der Waals surface area contributed by atoms with Gasteiger partial charge in [-0.15, -0.1) is 0 Å². The lowest BCUT2D eigenvalue weighted by molar-refractivity contribution is -0.120. The van der Waals surface area contributed by atoms with Crippen LogP contribution in [-0.4, -0.2) is 34.9 Å². The van der Waals surface area contributed by atoms with Crippen LogP contribution in [-0.2, 0) is 4.79 Å². The summed E-state index contributed by atoms with van der Waals surface area (Å²) in [5.41, 5.74) is 5.50. The number of carbonyl (C=O) groups is 2. The Balaban J connectivity index is 2.45. The molecule has 0 saturated heterocycles. The monoisotopic (exact) mass is 237 g/mol. The molecule has 0 spiro atoms. The molecule has 0 atom stereocenters. The molecular formula is C10H15N5O2. The van der Waals surface area contributed by atoms with Crippen molar-refractivity contribution in [1.82, 2.24) is 20.6 Å². The number of hydrogen-bond acceptors (Lipinski definition) is 5. The fraction of sp³-hybridized carbons (Fsp3) is 0.400. The fourth-order valence-electron chi connectivity index (χ4n) is 1.09. The molecule has 1 aromatic heterocycles. The van der Waals surface area contributed by atoms with Gasteiger partial charge >= 0.3 is 0 Å². The van der Waals surface area contributed by atoms with Crippen LogP contribution in [0.4, 0.5) is 5.82 Å². The summed E-state index contributed by atoms with van der Waals surface area (Å²) in [6.45, 7) is 2.43. The third-order valence-corrected chi connectivity index (χ3v) is 1.92. The number of anilines is 1. The van der Waals surface area contributed by atoms with Gasteiger partial charge in [-0.25, -0.2) is 9.97 Å². The van der Waals surface area contributed by atoms with Crippen molar-refractivity contribution < 1.29 is 9.59 Å². The molecule has 0 aliphatic rings. The minimum absolute atomic E-state index is 0.0239. The first-order chi connectivity index (χ1) is 8.15. The minimum Gasteiger partial charge on any atom is -0.382 e. The molecule has 0 fully saturated rings. The molecule has 92 valence electrons. The highest BCUT2D eigenvalue weighted by Gasteiger charge is 2.12. The summed E-state index contributed by atoms with van der Waals surface area (Å²) >= 11 is 0. The highest BCUT2D eigenvalue weighted by atomic mass is 16.2. The van der Waals surface area contributed by atoms with Gasteiger partial charge in [-0.2, -0.15) is 0 Å². The van der Waals surface area contributed by atoms with Crippen molar-refractivity contribution in [3.63, 3.8) is 0 Å². The van der Waals surface area contributed by atoms with Crippen LogP contribution in [0.25, 0.3) is 0 Å². The van der Waals surface area contributed by atoms with Crippen molar-refractivity contribution in [1.29, 1.82) is 0 Å². The number of nitrogens with two attached hydrogens (primary N) is 1. The van der Waals surface area contributed by atoms with Crippen LogP contribution in [0, 0.1) is 0 Å². The predicted octanol–water partition coefficient (Wildman–Crippen LogP) is -0.685. The number of hydrogen-bond donors (Lipinski definition) is 3. The van der Waals surface area contributed by atoms with E-state index in [9.17, 15) is 9.59 Å². The normalized spacial score (nSPS) is 9.71. The van der Waals surface area contributed by atoms with E-state index in [4.69, 9.17) is 5.73 Å². The second-order valence-corrected chi connectivity index (χ2v) is 3.32. The molecule has 2 amide bonds. The van der Waals surface area contributed by atoms with Crippen LogP contribution in [0.2, 0.25) is 0 Å². The average Bonchev–Trinajstić information content (AvgIpc) is 2.34. The van der Waals surface area contributed by atoms with Gasteiger partial charge in [-0.1, -0.05) is 6.92 Å². The Hall–Kier alpha value is -2.18. The van der Waals surface area contributed by atoms with E-state index in [-0.39, 0.29) is 24.0 Å². The van der Waals surface area contributed by atoms with E-state index in [2.05, 4.69) is 20.6 Å². The van der Waals surface area contributed by atoms with Gasteiger partial charge in [-0.05, 0) is 6.42 Å². The summed E-state index contributed by atoms with van der Waals surface area (Å²) in [7, 11) is 0. The van der Waals surface area contributed by atoms with Gasteiger partial charge in [0, 0.05) is 18.9 Å². The molecule has 0 unspecified atom stereocenters. The quantitative estimate of drug-likeness (QED) is 0.628. The molecular weight excluding hydrogens is 222 g/mol. The predicted molar refractivity (Wildman–Crippen MR) is 62.1 cm³/mol. The zero-order valence-corrected chi connectivity index (χ0v) is 9.56. The maximum absolute atomic E-state index is 11.6. The second kappa shape index (κ2) is 6.41. The van der Waals surface area contributed by atoms with Gasteiger partial charge in [0.25, 0.3) is 5.91 Å². The molecule has 0 aromatic carbocycles. The molecule has 17 heavy (non-hydrogen) atoms. The lowest BCUT2D eigenvalue weighted by Gasteiger charge is -2.06. The molecule has 4 N–H and O–H groups in total. The lowest BCUT2D eigenvalue weighted by Crippen LogP contribution is -2.37. The molecule has 0 aliphatic carbocycles. The van der Waals surface area contributed by atoms with Crippen LogP contribution < -0.4 is 16.4 Å². The Labute approximate surface area is 98.8 Å². The number of carbonyl (C=O) groups excluding carboxylic acids is 2. The van der Waals surface area contributed by atoms with Gasteiger partial charge in [0.15, 0.2) is 11.5 Å². The largest absolute Gasteiger partial charge is 0.382 e. The topological polar surface area (TPSA) is 110 Å². The van der Waals surface area contributed by atoms with Crippen molar-refractivity contribution in [2.45, 2.75) is 13.3 Å². The maximum atomic E-state index is 11.6. The maximum Gasteiger partial charge on any atom is 0.274 e. The SMILES string of the molecule is CCCNC(=O)CNC(=O)c1nccnc1N. The third-order valence-electron chi connectivity index (χ3n) is 1.92. The summed E-state index contributed by atoms with van der Waals surface area (Å²) < 4.78 is 0. The summed E-state index contributed by atoms with van der Waals surface area (Å²) in [6, 6.07) is 0. The van der Waals surface area contributed by atoms with Crippen molar-refractivity contribution in [3.8, 4) is 0 Å². The van der Waals surface area contributed by atoms with Crippen molar-refractivity contribution >= 4 is 17.6 Å². The first kappa shape index (κ1) is 12.9. The van der Waals surface area contributed by atoms with Crippen molar-refractivity contribution in [2.75, 3.05) is 18.8 Å². The molecule has 1 heterocycles. The van der Waals surface area contributed by atoms with E-state index in [0.29, 0.717) is 6.54 Å². The van der Waals surface area contributed by atoms with Gasteiger partial charge in [0.2, 0.25) is 5.91 Å². The van der Waals surface area contributed by atoms with Crippen LogP contribution in [0.3, 0.4) is 0 Å². The van der Waals surface area contributed by atoms with E-state index in [1.165, 1.54) is 12.4 Å². The summed E-state index contributed by atoms with van der Waals surface area (Å²) in [4.78, 5) is 30.3. The first-order valence-corrected chi connectivity index (χ1v) is 5.26. The summed E-state index contributed by atoms with van der Waals surface area (Å²) in [6.07, 6.45) is 3.60. The van der Waals surface area contributed by atoms with Gasteiger partial charge in [-0.3, -0.25) is 9.59 Å². The Morgan fingerprint density at radius 3 is 2.65 bits per heavy atom. The van der Waals surface area contributed by atoms with Gasteiger partial charge in [0.1, 0.15) is 0 Å². The Morgan fingerprint density at radius 2 is 2.00 bits per heavy atom. The van der Waals surface area contributed by atoms with Gasteiger partial charge < -0.3 is 16.4 Å². The lowest BCUT2D eigenvalue weighted by atomic mass is 10.3. The fourth-order valence-corrected chi connectivity index (χ4v) is 1.09. The molecule has 1 aromatic rings. The van der Waals surface area contributed by atoms with Gasteiger partial charge in [0.05, 0.1) is 6.54 Å². The summed E-state index contributed by atoms with van der Waals surface area (Å²) in [5.74, 6) is -0.719. The minimum atomic E-state index is -0.512. The van der Waals surface area contributed by atoms with Crippen LogP contribution in [0.1, 0.15) is 23.8 Å². The molecule has 0 bridgehead atoms. The average molecular weight is 237 g/mol. The van der Waals surface area contributed by atoms with E-state index in [1.807, 2.05) is 6.92 Å². The Kier molecular flexibility index (Phi) is 4.86. The van der Waals surface area contributed by atoms with Crippen LogP contribution in [0.5, 0.6) is 0 Å². The summed E-state index contributed by atoms with van der Waals surface area (Å²) in [5, 5.41) is 5.05. The number of rotatable bonds is 5. The molecule has 7 heteroatoms. The third kappa shape index (κ3) is 4.06. The van der Waals surface area contributed by atoms with Crippen molar-refractivity contribution in [3.05, 3.63) is 18.1 Å². The molecule has 0 radical (unpaired) electrons. The second-order valence-electron chi connectivity index (χ2n) is 3.32. The number of amides is 2. The number of nitrogens with zero attached hydrogens (tertiary/aromatic N) is 2.